The second-order valence-corrected chi connectivity index (χ2v) is 2.90. The third-order valence-electron chi connectivity index (χ3n) is 1.32. The Balaban J connectivity index is 3.30. The van der Waals surface area contributed by atoms with Gasteiger partial charge in [0, 0.05) is 5.56 Å². The van der Waals surface area contributed by atoms with Gasteiger partial charge in [-0.2, -0.15) is 0 Å². The van der Waals surface area contributed by atoms with Crippen molar-refractivity contribution < 1.29 is 13.6 Å². The molecule has 1 aromatic heterocycles. The molecule has 0 unspecified atom stereocenters. The van der Waals surface area contributed by atoms with Crippen molar-refractivity contribution in [2.75, 3.05) is 0 Å². The van der Waals surface area contributed by atoms with E-state index in [1.165, 1.54) is 0 Å². The van der Waals surface area contributed by atoms with Gasteiger partial charge in [-0.25, -0.2) is 13.8 Å². The number of halogens is 4. The number of aromatic nitrogens is 1. The van der Waals surface area contributed by atoms with Crippen molar-refractivity contribution in [3.63, 3.8) is 0 Å². The van der Waals surface area contributed by atoms with Gasteiger partial charge in [-0.05, 0) is 6.07 Å². The van der Waals surface area contributed by atoms with Crippen LogP contribution < -0.4 is 0 Å². The van der Waals surface area contributed by atoms with Crippen LogP contribution in [0.5, 0.6) is 0 Å². The van der Waals surface area contributed by atoms with Gasteiger partial charge in [-0.15, -0.1) is 0 Å². The largest absolute Gasteiger partial charge is 0.298 e. The van der Waals surface area contributed by atoms with Gasteiger partial charge in [0.1, 0.15) is 10.8 Å². The van der Waals surface area contributed by atoms with E-state index in [4.69, 9.17) is 23.2 Å². The zero-order valence-electron chi connectivity index (χ0n) is 6.10. The van der Waals surface area contributed by atoms with Crippen LogP contribution in [0.25, 0.3) is 0 Å². The molecule has 0 spiro atoms. The summed E-state index contributed by atoms with van der Waals surface area (Å²) in [7, 11) is 0. The fraction of sp³-hybridized carbons (Fsp3) is 0.143. The van der Waals surface area contributed by atoms with Crippen LogP contribution in [0.1, 0.15) is 22.5 Å². The van der Waals surface area contributed by atoms with E-state index in [0.29, 0.717) is 6.29 Å². The first-order valence-electron chi connectivity index (χ1n) is 3.15. The summed E-state index contributed by atoms with van der Waals surface area (Å²) >= 11 is 10.9. The summed E-state index contributed by atoms with van der Waals surface area (Å²) < 4.78 is 24.2. The molecule has 0 fully saturated rings. The molecule has 6 heteroatoms. The summed E-state index contributed by atoms with van der Waals surface area (Å²) in [6, 6.07) is 0.909. The number of rotatable bonds is 2. The van der Waals surface area contributed by atoms with Gasteiger partial charge in [0.25, 0.3) is 6.43 Å². The molecule has 13 heavy (non-hydrogen) atoms. The SMILES string of the molecule is O=Cc1cc(C(F)F)nc(Cl)c1Cl. The molecule has 1 rings (SSSR count). The first kappa shape index (κ1) is 10.3. The number of aldehydes is 1. The minimum Gasteiger partial charge on any atom is -0.298 e. The Bertz CT molecular complexity index is 344. The number of carbonyl (C=O) groups excluding carboxylic acids is 1. The number of alkyl halides is 2. The molecule has 1 heterocycles. The molecule has 0 atom stereocenters. The lowest BCUT2D eigenvalue weighted by atomic mass is 10.2. The van der Waals surface area contributed by atoms with E-state index in [2.05, 4.69) is 4.98 Å². The number of carbonyl (C=O) groups is 1. The van der Waals surface area contributed by atoms with Gasteiger partial charge < -0.3 is 0 Å². The van der Waals surface area contributed by atoms with Gasteiger partial charge >= 0.3 is 0 Å². The van der Waals surface area contributed by atoms with E-state index in [1.54, 1.807) is 0 Å². The van der Waals surface area contributed by atoms with Gasteiger partial charge in [0.15, 0.2) is 6.29 Å². The Morgan fingerprint density at radius 3 is 2.54 bits per heavy atom. The highest BCUT2D eigenvalue weighted by atomic mass is 35.5. The van der Waals surface area contributed by atoms with Crippen LogP contribution in [-0.4, -0.2) is 11.3 Å². The van der Waals surface area contributed by atoms with Gasteiger partial charge in [-0.1, -0.05) is 23.2 Å². The molecule has 0 aliphatic rings. The van der Waals surface area contributed by atoms with Crippen LogP contribution >= 0.6 is 23.2 Å². The molecule has 2 nitrogen and oxygen atoms in total. The summed E-state index contributed by atoms with van der Waals surface area (Å²) in [5.74, 6) is 0. The Labute approximate surface area is 82.5 Å². The van der Waals surface area contributed by atoms with E-state index in [1.807, 2.05) is 0 Å². The van der Waals surface area contributed by atoms with Crippen molar-refractivity contribution in [2.24, 2.45) is 0 Å². The minimum atomic E-state index is -2.77. The third kappa shape index (κ3) is 2.14. The maximum Gasteiger partial charge on any atom is 0.280 e. The van der Waals surface area contributed by atoms with E-state index >= 15 is 0 Å². The normalized spacial score (nSPS) is 10.5. The summed E-state index contributed by atoms with van der Waals surface area (Å²) in [5, 5.41) is -0.400. The molecule has 0 aliphatic carbocycles. The highest BCUT2D eigenvalue weighted by Crippen LogP contribution is 2.27. The molecular formula is C7H3Cl2F2NO. The average Bonchev–Trinajstić information content (AvgIpc) is 2.09. The van der Waals surface area contributed by atoms with Crippen molar-refractivity contribution in [1.82, 2.24) is 4.98 Å². The van der Waals surface area contributed by atoms with Gasteiger partial charge in [-0.3, -0.25) is 4.79 Å². The molecule has 0 bridgehead atoms. The van der Waals surface area contributed by atoms with Crippen LogP contribution in [-0.2, 0) is 0 Å². The van der Waals surface area contributed by atoms with Crippen molar-refractivity contribution in [3.8, 4) is 0 Å². The highest BCUT2D eigenvalue weighted by molar-refractivity contribution is 6.42. The molecule has 0 aromatic carbocycles. The molecule has 0 aliphatic heterocycles. The Hall–Kier alpha value is -0.740. The monoisotopic (exact) mass is 225 g/mol. The molecule has 0 saturated carbocycles. The maximum absolute atomic E-state index is 12.1. The van der Waals surface area contributed by atoms with Crippen LogP contribution in [0.15, 0.2) is 6.07 Å². The first-order chi connectivity index (χ1) is 6.06. The Kier molecular flexibility index (Phi) is 3.17. The Morgan fingerprint density at radius 2 is 2.08 bits per heavy atom. The van der Waals surface area contributed by atoms with Crippen LogP contribution in [0, 0.1) is 0 Å². The topological polar surface area (TPSA) is 30.0 Å². The zero-order chi connectivity index (χ0) is 10.0. The summed E-state index contributed by atoms with van der Waals surface area (Å²) in [5.41, 5.74) is -0.645. The molecule has 0 N–H and O–H groups in total. The molecule has 1 aromatic rings. The predicted molar refractivity (Wildman–Crippen MR) is 44.6 cm³/mol. The quantitative estimate of drug-likeness (QED) is 0.572. The number of hydrogen-bond donors (Lipinski definition) is 0. The lowest BCUT2D eigenvalue weighted by Gasteiger charge is -2.02. The fourth-order valence-corrected chi connectivity index (χ4v) is 1.08. The minimum absolute atomic E-state index is 0.0861. The molecule has 0 saturated heterocycles. The van der Waals surface area contributed by atoms with E-state index in [9.17, 15) is 13.6 Å². The maximum atomic E-state index is 12.1. The average molecular weight is 226 g/mol. The number of nitrogens with zero attached hydrogens (tertiary/aromatic N) is 1. The molecule has 0 amide bonds. The van der Waals surface area contributed by atoms with E-state index < -0.39 is 12.1 Å². The van der Waals surface area contributed by atoms with Crippen LogP contribution in [0.2, 0.25) is 10.2 Å². The van der Waals surface area contributed by atoms with Gasteiger partial charge in [0.05, 0.1) is 5.02 Å². The van der Waals surface area contributed by atoms with Crippen molar-refractivity contribution in [2.45, 2.75) is 6.43 Å². The van der Waals surface area contributed by atoms with Crippen molar-refractivity contribution in [1.29, 1.82) is 0 Å². The molecule has 70 valence electrons. The smallest absolute Gasteiger partial charge is 0.280 e. The third-order valence-corrected chi connectivity index (χ3v) is 2.08. The zero-order valence-corrected chi connectivity index (χ0v) is 7.61. The lowest BCUT2D eigenvalue weighted by Crippen LogP contribution is -1.95. The van der Waals surface area contributed by atoms with E-state index in [0.717, 1.165) is 6.07 Å². The second kappa shape index (κ2) is 3.98. The summed E-state index contributed by atoms with van der Waals surface area (Å²) in [6.45, 7) is 0. The Morgan fingerprint density at radius 1 is 1.46 bits per heavy atom. The first-order valence-corrected chi connectivity index (χ1v) is 3.91. The van der Waals surface area contributed by atoms with Crippen molar-refractivity contribution >= 4 is 29.5 Å². The predicted octanol–water partition coefficient (Wildman–Crippen LogP) is 3.14. The highest BCUT2D eigenvalue weighted by Gasteiger charge is 2.14. The van der Waals surface area contributed by atoms with Crippen LogP contribution in [0.3, 0.4) is 0 Å². The lowest BCUT2D eigenvalue weighted by molar-refractivity contribution is 0.112. The fourth-order valence-electron chi connectivity index (χ4n) is 0.734. The van der Waals surface area contributed by atoms with Gasteiger partial charge in [0.2, 0.25) is 0 Å². The molecule has 0 radical (unpaired) electrons. The molecular weight excluding hydrogens is 223 g/mol. The summed E-state index contributed by atoms with van der Waals surface area (Å²) in [6.07, 6.45) is -2.42. The summed E-state index contributed by atoms with van der Waals surface area (Å²) in [4.78, 5) is 13.6. The number of pyridine rings is 1. The number of hydrogen-bond acceptors (Lipinski definition) is 2. The van der Waals surface area contributed by atoms with E-state index in [-0.39, 0.29) is 15.7 Å². The van der Waals surface area contributed by atoms with Crippen molar-refractivity contribution in [3.05, 3.63) is 27.5 Å². The van der Waals surface area contributed by atoms with Crippen LogP contribution in [0.4, 0.5) is 8.78 Å². The standard InChI is InChI=1S/C7H3Cl2F2NO/c8-5-3(2-13)1-4(7(10)11)12-6(5)9/h1-2,7H. The second-order valence-electron chi connectivity index (χ2n) is 2.16.